The lowest BCUT2D eigenvalue weighted by Crippen LogP contribution is -2.43. The van der Waals surface area contributed by atoms with E-state index in [-0.39, 0.29) is 0 Å². The molecule has 3 heteroatoms. The molecule has 0 fully saturated rings. The van der Waals surface area contributed by atoms with E-state index in [9.17, 15) is 10.2 Å². The second-order valence-electron chi connectivity index (χ2n) is 3.97. The van der Waals surface area contributed by atoms with Crippen LogP contribution >= 0.6 is 0 Å². The molecule has 3 nitrogen and oxygen atoms in total. The lowest BCUT2D eigenvalue weighted by molar-refractivity contribution is 0.0796. The third kappa shape index (κ3) is 2.74. The number of nitrogens with zero attached hydrogens (tertiary/aromatic N) is 1. The summed E-state index contributed by atoms with van der Waals surface area (Å²) in [4.78, 5) is 1.68. The Balaban J connectivity index is 3.06. The van der Waals surface area contributed by atoms with Crippen molar-refractivity contribution in [2.75, 3.05) is 4.90 Å². The van der Waals surface area contributed by atoms with E-state index in [1.54, 1.807) is 4.90 Å². The maximum absolute atomic E-state index is 9.96. The first-order chi connectivity index (χ1) is 7.61. The maximum atomic E-state index is 9.96. The van der Waals surface area contributed by atoms with Gasteiger partial charge >= 0.3 is 0 Å². The lowest BCUT2D eigenvalue weighted by atomic mass is 10.1. The van der Waals surface area contributed by atoms with Crippen molar-refractivity contribution in [2.45, 2.75) is 46.1 Å². The Morgan fingerprint density at radius 1 is 1.06 bits per heavy atom. The van der Waals surface area contributed by atoms with Gasteiger partial charge in [0.15, 0.2) is 0 Å². The molecule has 0 aromatic heterocycles. The van der Waals surface area contributed by atoms with Crippen LogP contribution in [-0.2, 0) is 0 Å². The normalized spacial score (nSPS) is 14.6. The molecule has 0 amide bonds. The molecule has 0 aliphatic carbocycles. The summed E-state index contributed by atoms with van der Waals surface area (Å²) in [5.74, 6) is 0. The van der Waals surface area contributed by atoms with Gasteiger partial charge in [-0.2, -0.15) is 0 Å². The van der Waals surface area contributed by atoms with Crippen LogP contribution < -0.4 is 4.90 Å². The molecule has 0 aliphatic rings. The van der Waals surface area contributed by atoms with E-state index in [1.807, 2.05) is 45.0 Å². The Bertz CT molecular complexity index is 317. The Hall–Kier alpha value is -1.06. The predicted molar refractivity (Wildman–Crippen MR) is 66.3 cm³/mol. The van der Waals surface area contributed by atoms with E-state index in [0.29, 0.717) is 12.8 Å². The Morgan fingerprint density at radius 3 is 2.00 bits per heavy atom. The standard InChI is InChI=1S/C13H21NO2/c1-4-12(15)14(13(16)5-2)11-9-7-6-8-10(11)3/h6-9,12-13,15-16H,4-5H2,1-3H3. The SMILES string of the molecule is CCC(O)N(c1ccccc1C)C(O)CC. The molecule has 0 heterocycles. The number of aliphatic hydroxyl groups is 2. The zero-order valence-electron chi connectivity index (χ0n) is 10.2. The number of anilines is 1. The highest BCUT2D eigenvalue weighted by molar-refractivity contribution is 5.53. The number of hydrogen-bond acceptors (Lipinski definition) is 3. The Morgan fingerprint density at radius 2 is 1.56 bits per heavy atom. The fourth-order valence-corrected chi connectivity index (χ4v) is 1.77. The third-order valence-electron chi connectivity index (χ3n) is 2.77. The molecule has 2 atom stereocenters. The summed E-state index contributed by atoms with van der Waals surface area (Å²) in [6, 6.07) is 7.77. The van der Waals surface area contributed by atoms with Gasteiger partial charge in [0.25, 0.3) is 0 Å². The predicted octanol–water partition coefficient (Wildman–Crippen LogP) is 2.26. The van der Waals surface area contributed by atoms with E-state index in [1.165, 1.54) is 0 Å². The van der Waals surface area contributed by atoms with E-state index >= 15 is 0 Å². The van der Waals surface area contributed by atoms with Crippen LogP contribution in [0.2, 0.25) is 0 Å². The molecule has 0 bridgehead atoms. The molecule has 0 aliphatic heterocycles. The first kappa shape index (κ1) is 13.0. The van der Waals surface area contributed by atoms with E-state index in [0.717, 1.165) is 11.3 Å². The second-order valence-corrected chi connectivity index (χ2v) is 3.97. The minimum absolute atomic E-state index is 0.589. The molecule has 2 unspecified atom stereocenters. The number of aliphatic hydroxyl groups excluding tert-OH is 2. The molecule has 1 aromatic carbocycles. The van der Waals surface area contributed by atoms with Gasteiger partial charge in [0.2, 0.25) is 0 Å². The van der Waals surface area contributed by atoms with Crippen LogP contribution in [0.4, 0.5) is 5.69 Å². The van der Waals surface area contributed by atoms with Crippen molar-refractivity contribution in [2.24, 2.45) is 0 Å². The van der Waals surface area contributed by atoms with Crippen molar-refractivity contribution < 1.29 is 10.2 Å². The average Bonchev–Trinajstić information content (AvgIpc) is 2.31. The van der Waals surface area contributed by atoms with Gasteiger partial charge in [-0.3, -0.25) is 0 Å². The quantitative estimate of drug-likeness (QED) is 0.752. The smallest absolute Gasteiger partial charge is 0.128 e. The summed E-state index contributed by atoms with van der Waals surface area (Å²) in [5, 5.41) is 19.9. The van der Waals surface area contributed by atoms with Gasteiger partial charge in [-0.15, -0.1) is 0 Å². The molecule has 1 rings (SSSR count). The molecule has 1 aromatic rings. The van der Waals surface area contributed by atoms with Crippen LogP contribution in [0.5, 0.6) is 0 Å². The van der Waals surface area contributed by atoms with E-state index < -0.39 is 12.5 Å². The van der Waals surface area contributed by atoms with Crippen LogP contribution in [0.15, 0.2) is 24.3 Å². The largest absolute Gasteiger partial charge is 0.374 e. The minimum atomic E-state index is -0.643. The fourth-order valence-electron chi connectivity index (χ4n) is 1.77. The van der Waals surface area contributed by atoms with Gasteiger partial charge in [-0.1, -0.05) is 32.0 Å². The number of benzene rings is 1. The molecule has 0 saturated heterocycles. The van der Waals surface area contributed by atoms with Crippen LogP contribution in [0.1, 0.15) is 32.3 Å². The number of rotatable bonds is 5. The topological polar surface area (TPSA) is 43.7 Å². The molecule has 90 valence electrons. The summed E-state index contributed by atoms with van der Waals surface area (Å²) < 4.78 is 0. The van der Waals surface area contributed by atoms with Crippen molar-refractivity contribution in [3.8, 4) is 0 Å². The fraction of sp³-hybridized carbons (Fsp3) is 0.538. The number of para-hydroxylation sites is 1. The Kier molecular flexibility index (Phi) is 4.77. The molecular formula is C13H21NO2. The van der Waals surface area contributed by atoms with Crippen molar-refractivity contribution in [1.29, 1.82) is 0 Å². The van der Waals surface area contributed by atoms with Gasteiger partial charge < -0.3 is 15.1 Å². The second kappa shape index (κ2) is 5.87. The highest BCUT2D eigenvalue weighted by Crippen LogP contribution is 2.24. The maximum Gasteiger partial charge on any atom is 0.128 e. The van der Waals surface area contributed by atoms with Gasteiger partial charge in [0.1, 0.15) is 12.5 Å². The number of hydrogen-bond donors (Lipinski definition) is 2. The monoisotopic (exact) mass is 223 g/mol. The molecule has 0 saturated carbocycles. The summed E-state index contributed by atoms with van der Waals surface area (Å²) in [7, 11) is 0. The van der Waals surface area contributed by atoms with Gasteiger partial charge in [-0.05, 0) is 31.4 Å². The van der Waals surface area contributed by atoms with Crippen LogP contribution in [0.3, 0.4) is 0 Å². The summed E-state index contributed by atoms with van der Waals surface area (Å²) in [5.41, 5.74) is 1.95. The third-order valence-corrected chi connectivity index (χ3v) is 2.77. The van der Waals surface area contributed by atoms with Crippen molar-refractivity contribution in [3.63, 3.8) is 0 Å². The molecule has 0 radical (unpaired) electrons. The molecule has 0 spiro atoms. The van der Waals surface area contributed by atoms with E-state index in [4.69, 9.17) is 0 Å². The van der Waals surface area contributed by atoms with Crippen molar-refractivity contribution in [1.82, 2.24) is 0 Å². The zero-order chi connectivity index (χ0) is 12.1. The summed E-state index contributed by atoms with van der Waals surface area (Å²) in [6.45, 7) is 5.78. The number of aryl methyl sites for hydroxylation is 1. The van der Waals surface area contributed by atoms with Crippen molar-refractivity contribution >= 4 is 5.69 Å². The molecular weight excluding hydrogens is 202 g/mol. The van der Waals surface area contributed by atoms with E-state index in [2.05, 4.69) is 0 Å². The summed E-state index contributed by atoms with van der Waals surface area (Å²) in [6.07, 6.45) is -0.108. The molecule has 16 heavy (non-hydrogen) atoms. The zero-order valence-corrected chi connectivity index (χ0v) is 10.2. The highest BCUT2D eigenvalue weighted by Gasteiger charge is 2.22. The average molecular weight is 223 g/mol. The first-order valence-electron chi connectivity index (χ1n) is 5.81. The first-order valence-corrected chi connectivity index (χ1v) is 5.81. The van der Waals surface area contributed by atoms with Crippen LogP contribution in [0, 0.1) is 6.92 Å². The minimum Gasteiger partial charge on any atom is -0.374 e. The van der Waals surface area contributed by atoms with Crippen LogP contribution in [0.25, 0.3) is 0 Å². The summed E-state index contributed by atoms with van der Waals surface area (Å²) >= 11 is 0. The van der Waals surface area contributed by atoms with Crippen LogP contribution in [-0.4, -0.2) is 22.7 Å². The van der Waals surface area contributed by atoms with Crippen molar-refractivity contribution in [3.05, 3.63) is 29.8 Å². The lowest BCUT2D eigenvalue weighted by Gasteiger charge is -2.34. The Labute approximate surface area is 97.3 Å². The molecule has 2 N–H and O–H groups in total. The van der Waals surface area contributed by atoms with Gasteiger partial charge in [0.05, 0.1) is 0 Å². The van der Waals surface area contributed by atoms with Gasteiger partial charge in [0, 0.05) is 5.69 Å². The van der Waals surface area contributed by atoms with Gasteiger partial charge in [-0.25, -0.2) is 0 Å². The highest BCUT2D eigenvalue weighted by atomic mass is 16.3.